The van der Waals surface area contributed by atoms with E-state index in [1.54, 1.807) is 0 Å². The first-order chi connectivity index (χ1) is 19.3. The first-order valence-corrected chi connectivity index (χ1v) is 11.5. The Bertz CT molecular complexity index is 1420. The second-order valence-electron chi connectivity index (χ2n) is 8.43. The maximum absolute atomic E-state index is 14.1. The Balaban J connectivity index is 1.88. The molecule has 1 aliphatic rings. The maximum Gasteiger partial charge on any atom is 0.275 e. The van der Waals surface area contributed by atoms with E-state index in [9.17, 15) is 14.7 Å². The summed E-state index contributed by atoms with van der Waals surface area (Å²) in [6.07, 6.45) is 1.99. The van der Waals surface area contributed by atoms with Crippen LogP contribution in [0.25, 0.3) is 5.69 Å². The van der Waals surface area contributed by atoms with Gasteiger partial charge < -0.3 is 19.5 Å². The molecule has 2 aromatic carbocycles. The van der Waals surface area contributed by atoms with Crippen LogP contribution in [0.3, 0.4) is 0 Å². The lowest BCUT2D eigenvalue weighted by molar-refractivity contribution is 0.0784. The van der Waals surface area contributed by atoms with Crippen LogP contribution < -0.4 is 15.0 Å². The summed E-state index contributed by atoms with van der Waals surface area (Å²) in [5.41, 5.74) is -0.933. The average molecular weight is 484 g/mol. The number of amides is 1. The van der Waals surface area contributed by atoms with Gasteiger partial charge in [0, 0.05) is 25.4 Å². The SMILES string of the molecule is [2H]C([2H])([2H])Oc1cccc(OC([2H])([2H])[2H])c1-n1c(CCCC)nc(O)c(C(=O)N2CC[C@@H](c3ccccc3)C2)c1=O. The summed E-state index contributed by atoms with van der Waals surface area (Å²) in [6.45, 7) is 2.54. The highest BCUT2D eigenvalue weighted by Crippen LogP contribution is 2.34. The lowest BCUT2D eigenvalue weighted by atomic mass is 9.99. The van der Waals surface area contributed by atoms with Gasteiger partial charge in [0.05, 0.1) is 22.3 Å². The number of para-hydroxylation sites is 1. The summed E-state index contributed by atoms with van der Waals surface area (Å²) in [5.74, 6) is -2.27. The van der Waals surface area contributed by atoms with Crippen molar-refractivity contribution in [2.75, 3.05) is 27.2 Å². The number of benzene rings is 2. The molecule has 1 aliphatic heterocycles. The van der Waals surface area contributed by atoms with Crippen LogP contribution in [-0.4, -0.2) is 52.6 Å². The number of nitrogens with zero attached hydrogens (tertiary/aromatic N) is 3. The number of likely N-dealkylation sites (tertiary alicyclic amines) is 1. The van der Waals surface area contributed by atoms with E-state index >= 15 is 0 Å². The molecule has 3 aromatic rings. The summed E-state index contributed by atoms with van der Waals surface area (Å²) in [7, 11) is -5.93. The molecule has 1 atom stereocenters. The maximum atomic E-state index is 14.1. The highest BCUT2D eigenvalue weighted by Gasteiger charge is 2.33. The molecule has 8 heteroatoms. The van der Waals surface area contributed by atoms with Gasteiger partial charge in [-0.15, -0.1) is 0 Å². The quantitative estimate of drug-likeness (QED) is 0.522. The van der Waals surface area contributed by atoms with E-state index in [2.05, 4.69) is 4.98 Å². The fraction of sp³-hybridized carbons (Fsp3) is 0.370. The molecule has 35 heavy (non-hydrogen) atoms. The highest BCUT2D eigenvalue weighted by molar-refractivity contribution is 5.96. The number of methoxy groups -OCH3 is 2. The third-order valence-corrected chi connectivity index (χ3v) is 6.25. The van der Waals surface area contributed by atoms with Gasteiger partial charge in [-0.25, -0.2) is 0 Å². The number of carbonyl (C=O) groups excluding carboxylic acids is 1. The van der Waals surface area contributed by atoms with Crippen molar-refractivity contribution in [3.63, 3.8) is 0 Å². The molecule has 1 N–H and O–H groups in total. The van der Waals surface area contributed by atoms with Gasteiger partial charge in [-0.1, -0.05) is 49.7 Å². The van der Waals surface area contributed by atoms with E-state index in [0.717, 1.165) is 10.1 Å². The number of hydrogen-bond donors (Lipinski definition) is 1. The van der Waals surface area contributed by atoms with Crippen molar-refractivity contribution in [2.45, 2.75) is 38.5 Å². The number of hydrogen-bond acceptors (Lipinski definition) is 6. The molecular weight excluding hydrogens is 446 g/mol. The zero-order valence-electron chi connectivity index (χ0n) is 25.4. The third kappa shape index (κ3) is 4.73. The topological polar surface area (TPSA) is 93.9 Å². The molecule has 0 bridgehead atoms. The van der Waals surface area contributed by atoms with Gasteiger partial charge in [-0.2, -0.15) is 4.98 Å². The summed E-state index contributed by atoms with van der Waals surface area (Å²) in [5, 5.41) is 10.9. The average Bonchev–Trinajstić information content (AvgIpc) is 3.37. The van der Waals surface area contributed by atoms with Crippen LogP contribution >= 0.6 is 0 Å². The van der Waals surface area contributed by atoms with E-state index in [-0.39, 0.29) is 35.3 Å². The smallest absolute Gasteiger partial charge is 0.275 e. The van der Waals surface area contributed by atoms with Crippen LogP contribution in [0.4, 0.5) is 0 Å². The van der Waals surface area contributed by atoms with Gasteiger partial charge in [-0.05, 0) is 30.5 Å². The lowest BCUT2D eigenvalue weighted by Crippen LogP contribution is -2.37. The molecule has 1 aromatic heterocycles. The number of carbonyl (C=O) groups is 1. The minimum Gasteiger partial charge on any atom is -0.494 e. The summed E-state index contributed by atoms with van der Waals surface area (Å²) in [4.78, 5) is 33.4. The van der Waals surface area contributed by atoms with Crippen LogP contribution in [0.5, 0.6) is 17.4 Å². The molecule has 0 saturated carbocycles. The van der Waals surface area contributed by atoms with Crippen LogP contribution in [-0.2, 0) is 6.42 Å². The first kappa shape index (κ1) is 17.6. The predicted molar refractivity (Wildman–Crippen MR) is 133 cm³/mol. The second kappa shape index (κ2) is 10.6. The van der Waals surface area contributed by atoms with E-state index in [4.69, 9.17) is 17.7 Å². The van der Waals surface area contributed by atoms with Crippen molar-refractivity contribution < 1.29 is 27.6 Å². The number of aryl methyl sites for hydroxylation is 1. The van der Waals surface area contributed by atoms with Crippen molar-refractivity contribution >= 4 is 5.91 Å². The molecule has 1 saturated heterocycles. The highest BCUT2D eigenvalue weighted by atomic mass is 16.5. The molecule has 0 aliphatic carbocycles. The third-order valence-electron chi connectivity index (χ3n) is 6.25. The molecular formula is C27H31N3O5. The number of aromatic hydroxyl groups is 1. The van der Waals surface area contributed by atoms with Gasteiger partial charge in [0.1, 0.15) is 23.0 Å². The zero-order chi connectivity index (χ0) is 29.9. The van der Waals surface area contributed by atoms with E-state index in [0.29, 0.717) is 32.4 Å². The Morgan fingerprint density at radius 3 is 2.51 bits per heavy atom. The minimum atomic E-state index is -2.97. The van der Waals surface area contributed by atoms with Gasteiger partial charge in [-0.3, -0.25) is 14.2 Å². The fourth-order valence-electron chi connectivity index (χ4n) is 4.46. The molecule has 0 spiro atoms. The van der Waals surface area contributed by atoms with Gasteiger partial charge in [0.25, 0.3) is 11.5 Å². The van der Waals surface area contributed by atoms with E-state index < -0.39 is 37.0 Å². The summed E-state index contributed by atoms with van der Waals surface area (Å²) < 4.78 is 56.8. The van der Waals surface area contributed by atoms with Crippen LogP contribution in [0.15, 0.2) is 53.3 Å². The van der Waals surface area contributed by atoms with Crippen LogP contribution in [0.1, 0.15) is 62.1 Å². The molecule has 8 nitrogen and oxygen atoms in total. The number of ether oxygens (including phenoxy) is 2. The Morgan fingerprint density at radius 2 is 1.86 bits per heavy atom. The predicted octanol–water partition coefficient (Wildman–Crippen LogP) is 3.93. The van der Waals surface area contributed by atoms with Gasteiger partial charge >= 0.3 is 0 Å². The standard InChI is InChI=1S/C27H31N3O5/c1-4-5-14-22-28-25(31)23(26(32)29-16-15-19(17-29)18-10-7-6-8-11-18)27(33)30(22)24-20(34-2)12-9-13-21(24)35-3/h6-13,19,31H,4-5,14-17H2,1-3H3/t19-/m1/s1/i2D3,3D3. The Labute approximate surface area is 213 Å². The van der Waals surface area contributed by atoms with Crippen molar-refractivity contribution in [2.24, 2.45) is 0 Å². The molecule has 2 heterocycles. The van der Waals surface area contributed by atoms with Crippen molar-refractivity contribution in [3.8, 4) is 23.1 Å². The fourth-order valence-corrected chi connectivity index (χ4v) is 4.46. The van der Waals surface area contributed by atoms with E-state index in [1.807, 2.05) is 37.3 Å². The van der Waals surface area contributed by atoms with Crippen molar-refractivity contribution in [3.05, 3.63) is 75.8 Å². The summed E-state index contributed by atoms with van der Waals surface area (Å²) >= 11 is 0. The Kier molecular flexibility index (Phi) is 5.35. The number of aromatic nitrogens is 2. The monoisotopic (exact) mass is 483 g/mol. The molecule has 4 rings (SSSR count). The first-order valence-electron chi connectivity index (χ1n) is 14.5. The largest absolute Gasteiger partial charge is 0.494 e. The van der Waals surface area contributed by atoms with E-state index in [1.165, 1.54) is 23.1 Å². The van der Waals surface area contributed by atoms with Gasteiger partial charge in [0.15, 0.2) is 5.56 Å². The number of unbranched alkanes of at least 4 members (excludes halogenated alkanes) is 1. The molecule has 1 fully saturated rings. The molecule has 184 valence electrons. The van der Waals surface area contributed by atoms with Crippen LogP contribution in [0, 0.1) is 0 Å². The van der Waals surface area contributed by atoms with Crippen molar-refractivity contribution in [1.82, 2.24) is 14.5 Å². The Morgan fingerprint density at radius 1 is 1.14 bits per heavy atom. The Hall–Kier alpha value is -3.81. The zero-order valence-corrected chi connectivity index (χ0v) is 19.4. The van der Waals surface area contributed by atoms with Crippen molar-refractivity contribution in [1.29, 1.82) is 0 Å². The lowest BCUT2D eigenvalue weighted by Gasteiger charge is -2.21. The molecule has 0 radical (unpaired) electrons. The normalized spacial score (nSPS) is 18.5. The van der Waals surface area contributed by atoms with Crippen LogP contribution in [0.2, 0.25) is 0 Å². The molecule has 1 amide bonds. The molecule has 0 unspecified atom stereocenters. The van der Waals surface area contributed by atoms with Gasteiger partial charge in [0.2, 0.25) is 5.88 Å². The minimum absolute atomic E-state index is 0.0218. The number of rotatable bonds is 8. The second-order valence-corrected chi connectivity index (χ2v) is 8.43. The summed E-state index contributed by atoms with van der Waals surface area (Å²) in [6, 6.07) is 13.4.